The molecule has 4 nitrogen and oxygen atoms in total. The second kappa shape index (κ2) is 5.45. The Morgan fingerprint density at radius 3 is 2.38 bits per heavy atom. The third kappa shape index (κ3) is 2.91. The highest BCUT2D eigenvalue weighted by Crippen LogP contribution is 2.45. The number of hydrogen-bond donors (Lipinski definition) is 1. The molecule has 0 bridgehead atoms. The summed E-state index contributed by atoms with van der Waals surface area (Å²) in [4.78, 5) is 0. The van der Waals surface area contributed by atoms with Crippen LogP contribution in [-0.4, -0.2) is 25.9 Å². The van der Waals surface area contributed by atoms with Gasteiger partial charge < -0.3 is 4.74 Å². The summed E-state index contributed by atoms with van der Waals surface area (Å²) in [6, 6.07) is 6.70. The van der Waals surface area contributed by atoms with E-state index in [2.05, 4.69) is 11.6 Å². The molecule has 0 amide bonds. The largest absolute Gasteiger partial charge is 0.372 e. The summed E-state index contributed by atoms with van der Waals surface area (Å²) in [5.74, 6) is 0.660. The Hall–Kier alpha value is -0.780. The summed E-state index contributed by atoms with van der Waals surface area (Å²) in [6.45, 7) is 2.50. The molecule has 21 heavy (non-hydrogen) atoms. The monoisotopic (exact) mass is 329 g/mol. The maximum Gasteiger partial charge on any atom is 0.240 e. The van der Waals surface area contributed by atoms with Gasteiger partial charge >= 0.3 is 0 Å². The van der Waals surface area contributed by atoms with Gasteiger partial charge in [-0.3, -0.25) is 4.72 Å². The van der Waals surface area contributed by atoms with Crippen LogP contribution in [0.15, 0.2) is 24.3 Å². The molecule has 1 aliphatic carbocycles. The van der Waals surface area contributed by atoms with Crippen molar-refractivity contribution in [2.45, 2.75) is 43.5 Å². The number of halogens is 1. The number of ether oxygens (including phenoxy) is 1. The van der Waals surface area contributed by atoms with E-state index in [1.54, 1.807) is 24.3 Å². The predicted octanol–water partition coefficient (Wildman–Crippen LogP) is 3.43. The van der Waals surface area contributed by atoms with Crippen LogP contribution < -0.4 is 4.72 Å². The Balaban J connectivity index is 1.74. The zero-order valence-electron chi connectivity index (χ0n) is 12.0. The summed E-state index contributed by atoms with van der Waals surface area (Å²) in [7, 11) is -3.43. The highest BCUT2D eigenvalue weighted by Gasteiger charge is 2.55. The molecule has 1 atom stereocenters. The van der Waals surface area contributed by atoms with Crippen molar-refractivity contribution in [3.05, 3.63) is 29.3 Å². The van der Waals surface area contributed by atoms with E-state index >= 15 is 0 Å². The van der Waals surface area contributed by atoms with E-state index in [1.165, 1.54) is 0 Å². The fourth-order valence-corrected chi connectivity index (χ4v) is 5.08. The molecule has 1 N–H and O–H groups in total. The van der Waals surface area contributed by atoms with Gasteiger partial charge in [0.05, 0.1) is 12.2 Å². The third-order valence-electron chi connectivity index (χ3n) is 4.71. The molecule has 0 aromatic heterocycles. The number of sulfonamides is 1. The Bertz CT molecular complexity index is 606. The molecule has 1 aromatic carbocycles. The van der Waals surface area contributed by atoms with Gasteiger partial charge in [-0.15, -0.1) is 0 Å². The second-order valence-electron chi connectivity index (χ2n) is 6.20. The van der Waals surface area contributed by atoms with Crippen LogP contribution in [0.3, 0.4) is 0 Å². The molecule has 1 aromatic rings. The van der Waals surface area contributed by atoms with Crippen LogP contribution in [0.1, 0.15) is 32.6 Å². The summed E-state index contributed by atoms with van der Waals surface area (Å²) < 4.78 is 33.6. The quantitative estimate of drug-likeness (QED) is 0.924. The molecule has 3 rings (SSSR count). The average Bonchev–Trinajstić information content (AvgIpc) is 2.40. The lowest BCUT2D eigenvalue weighted by atomic mass is 9.75. The molecule has 1 saturated heterocycles. The van der Waals surface area contributed by atoms with E-state index in [4.69, 9.17) is 16.3 Å². The number of rotatable bonds is 3. The van der Waals surface area contributed by atoms with Crippen molar-refractivity contribution in [3.8, 4) is 0 Å². The Morgan fingerprint density at radius 1 is 1.24 bits per heavy atom. The van der Waals surface area contributed by atoms with Crippen molar-refractivity contribution in [1.29, 1.82) is 0 Å². The lowest BCUT2D eigenvalue weighted by Gasteiger charge is -2.51. The zero-order chi connectivity index (χ0) is 15.1. The van der Waals surface area contributed by atoms with Crippen molar-refractivity contribution in [3.63, 3.8) is 0 Å². The van der Waals surface area contributed by atoms with Crippen molar-refractivity contribution >= 4 is 27.3 Å². The van der Waals surface area contributed by atoms with Gasteiger partial charge in [0.1, 0.15) is 5.25 Å². The minimum atomic E-state index is -3.43. The molecule has 1 spiro atoms. The van der Waals surface area contributed by atoms with E-state index in [1.807, 2.05) is 0 Å². The van der Waals surface area contributed by atoms with Crippen molar-refractivity contribution < 1.29 is 13.2 Å². The first-order chi connectivity index (χ1) is 9.91. The molecule has 1 aliphatic heterocycles. The number of hydrogen-bond acceptors (Lipinski definition) is 3. The maximum absolute atomic E-state index is 12.6. The van der Waals surface area contributed by atoms with E-state index < -0.39 is 20.9 Å². The molecule has 1 unspecified atom stereocenters. The summed E-state index contributed by atoms with van der Waals surface area (Å²) in [5.41, 5.74) is 0.0794. The van der Waals surface area contributed by atoms with Crippen LogP contribution in [0.5, 0.6) is 0 Å². The Labute approximate surface area is 130 Å². The normalized spacial score (nSPS) is 32.7. The van der Waals surface area contributed by atoms with Gasteiger partial charge in [-0.1, -0.05) is 18.5 Å². The van der Waals surface area contributed by atoms with Crippen molar-refractivity contribution in [1.82, 2.24) is 0 Å². The molecule has 2 aliphatic rings. The van der Waals surface area contributed by atoms with Crippen molar-refractivity contribution in [2.24, 2.45) is 5.92 Å². The molecular weight excluding hydrogens is 310 g/mol. The van der Waals surface area contributed by atoms with E-state index in [0.717, 1.165) is 25.7 Å². The minimum Gasteiger partial charge on any atom is -0.372 e. The number of anilines is 1. The van der Waals surface area contributed by atoms with Crippen LogP contribution >= 0.6 is 11.6 Å². The first kappa shape index (κ1) is 15.1. The van der Waals surface area contributed by atoms with Crippen LogP contribution in [-0.2, 0) is 14.8 Å². The van der Waals surface area contributed by atoms with Gasteiger partial charge in [-0.2, -0.15) is 0 Å². The molecule has 6 heteroatoms. The SMILES string of the molecule is CC1CCC2(CC1)OCC2S(=O)(=O)Nc1ccc(Cl)cc1. The van der Waals surface area contributed by atoms with Gasteiger partial charge in [0.2, 0.25) is 10.0 Å². The fourth-order valence-electron chi connectivity index (χ4n) is 3.23. The molecule has 116 valence electrons. The van der Waals surface area contributed by atoms with Crippen LogP contribution in [0, 0.1) is 5.92 Å². The Kier molecular flexibility index (Phi) is 3.93. The number of benzene rings is 1. The van der Waals surface area contributed by atoms with Gasteiger partial charge in [0.25, 0.3) is 0 Å². The maximum atomic E-state index is 12.6. The van der Waals surface area contributed by atoms with E-state index in [9.17, 15) is 8.42 Å². The first-order valence-electron chi connectivity index (χ1n) is 7.32. The van der Waals surface area contributed by atoms with Crippen LogP contribution in [0.25, 0.3) is 0 Å². The minimum absolute atomic E-state index is 0.289. The summed E-state index contributed by atoms with van der Waals surface area (Å²) >= 11 is 5.82. The lowest BCUT2D eigenvalue weighted by Crippen LogP contribution is -2.63. The molecule has 1 saturated carbocycles. The van der Waals surface area contributed by atoms with Crippen LogP contribution in [0.2, 0.25) is 5.02 Å². The zero-order valence-corrected chi connectivity index (χ0v) is 13.6. The first-order valence-corrected chi connectivity index (χ1v) is 9.25. The predicted molar refractivity (Wildman–Crippen MR) is 84.1 cm³/mol. The molecular formula is C15H20ClNO3S. The van der Waals surface area contributed by atoms with Crippen molar-refractivity contribution in [2.75, 3.05) is 11.3 Å². The van der Waals surface area contributed by atoms with E-state index in [0.29, 0.717) is 16.6 Å². The topological polar surface area (TPSA) is 55.4 Å². The third-order valence-corrected chi connectivity index (χ3v) is 6.80. The average molecular weight is 330 g/mol. The fraction of sp³-hybridized carbons (Fsp3) is 0.600. The molecule has 0 radical (unpaired) electrons. The molecule has 1 heterocycles. The highest BCUT2D eigenvalue weighted by molar-refractivity contribution is 7.93. The number of nitrogens with one attached hydrogen (secondary N) is 1. The second-order valence-corrected chi connectivity index (χ2v) is 8.50. The standard InChI is InChI=1S/C15H20ClNO3S/c1-11-6-8-15(9-7-11)14(10-20-15)21(18,19)17-13-4-2-12(16)3-5-13/h2-5,11,14,17H,6-10H2,1H3. The lowest BCUT2D eigenvalue weighted by molar-refractivity contribution is -0.163. The smallest absolute Gasteiger partial charge is 0.240 e. The summed E-state index contributed by atoms with van der Waals surface area (Å²) in [6.07, 6.45) is 3.74. The molecule has 2 fully saturated rings. The summed E-state index contributed by atoms with van der Waals surface area (Å²) in [5, 5.41) is 0.135. The van der Waals surface area contributed by atoms with Gasteiger partial charge in [-0.05, 0) is 55.9 Å². The highest BCUT2D eigenvalue weighted by atomic mass is 35.5. The Morgan fingerprint density at radius 2 is 1.86 bits per heavy atom. The van der Waals surface area contributed by atoms with Crippen LogP contribution in [0.4, 0.5) is 5.69 Å². The van der Waals surface area contributed by atoms with Gasteiger partial charge in [-0.25, -0.2) is 8.42 Å². The van der Waals surface area contributed by atoms with Gasteiger partial charge in [0, 0.05) is 10.7 Å². The van der Waals surface area contributed by atoms with E-state index in [-0.39, 0.29) is 6.61 Å². The van der Waals surface area contributed by atoms with Gasteiger partial charge in [0.15, 0.2) is 0 Å².